The van der Waals surface area contributed by atoms with Gasteiger partial charge in [-0.3, -0.25) is 30.6 Å². The minimum absolute atomic E-state index is 0.113. The highest BCUT2D eigenvalue weighted by Crippen LogP contribution is 2.24. The number of carbonyl (C=O) groups excluding carboxylic acids is 2. The van der Waals surface area contributed by atoms with Gasteiger partial charge in [-0.05, 0) is 42.5 Å². The summed E-state index contributed by atoms with van der Waals surface area (Å²) in [5.41, 5.74) is 5.52. The Kier molecular flexibility index (Phi) is 6.13. The maximum Gasteiger partial charge on any atom is 0.282 e. The average molecular weight is 359 g/mol. The first-order valence-electron chi connectivity index (χ1n) is 7.48. The van der Waals surface area contributed by atoms with Gasteiger partial charge in [0.2, 0.25) is 0 Å². The van der Waals surface area contributed by atoms with Crippen molar-refractivity contribution in [3.63, 3.8) is 0 Å². The van der Waals surface area contributed by atoms with E-state index in [0.717, 1.165) is 12.0 Å². The Balaban J connectivity index is 2.11. The van der Waals surface area contributed by atoms with E-state index in [1.54, 1.807) is 24.5 Å². The number of benzene rings is 2. The Hall–Kier alpha value is -2.87. The summed E-state index contributed by atoms with van der Waals surface area (Å²) < 4.78 is 0. The van der Waals surface area contributed by atoms with Crippen LogP contribution in [0, 0.1) is 10.1 Å². The van der Waals surface area contributed by atoms with E-state index in [1.807, 2.05) is 19.1 Å². The lowest BCUT2D eigenvalue weighted by Crippen LogP contribution is -2.41. The molecule has 0 unspecified atom stereocenters. The summed E-state index contributed by atoms with van der Waals surface area (Å²) in [6, 6.07) is 11.2. The third-order valence-corrected chi connectivity index (χ3v) is 4.28. The SMILES string of the molecule is CCc1ccc(C(=O)NNC(=O)c2cc(SC)ccc2[N+](=O)[O-])cc1. The number of nitrogens with zero attached hydrogens (tertiary/aromatic N) is 1. The van der Waals surface area contributed by atoms with Crippen LogP contribution in [0.25, 0.3) is 0 Å². The van der Waals surface area contributed by atoms with Crippen molar-refractivity contribution in [2.75, 3.05) is 6.26 Å². The summed E-state index contributed by atoms with van der Waals surface area (Å²) in [5.74, 6) is -1.25. The fourth-order valence-electron chi connectivity index (χ4n) is 2.13. The smallest absolute Gasteiger partial charge is 0.267 e. The van der Waals surface area contributed by atoms with Crippen LogP contribution in [0.2, 0.25) is 0 Å². The van der Waals surface area contributed by atoms with Crippen molar-refractivity contribution >= 4 is 29.3 Å². The van der Waals surface area contributed by atoms with Crippen molar-refractivity contribution in [3.8, 4) is 0 Å². The lowest BCUT2D eigenvalue weighted by molar-refractivity contribution is -0.385. The van der Waals surface area contributed by atoms with E-state index in [2.05, 4.69) is 10.9 Å². The molecule has 0 fully saturated rings. The van der Waals surface area contributed by atoms with Crippen LogP contribution in [0.1, 0.15) is 33.2 Å². The zero-order valence-corrected chi connectivity index (χ0v) is 14.6. The maximum absolute atomic E-state index is 12.2. The molecule has 0 spiro atoms. The molecule has 0 aliphatic carbocycles. The second-order valence-electron chi connectivity index (χ2n) is 5.10. The summed E-state index contributed by atoms with van der Waals surface area (Å²) in [7, 11) is 0. The first-order valence-corrected chi connectivity index (χ1v) is 8.70. The van der Waals surface area contributed by atoms with E-state index in [9.17, 15) is 19.7 Å². The van der Waals surface area contributed by atoms with E-state index < -0.39 is 16.7 Å². The molecule has 7 nitrogen and oxygen atoms in total. The highest BCUT2D eigenvalue weighted by molar-refractivity contribution is 7.98. The van der Waals surface area contributed by atoms with Gasteiger partial charge in [0, 0.05) is 16.5 Å². The van der Waals surface area contributed by atoms with Crippen LogP contribution in [-0.4, -0.2) is 23.0 Å². The monoisotopic (exact) mass is 359 g/mol. The van der Waals surface area contributed by atoms with Gasteiger partial charge in [0.1, 0.15) is 5.56 Å². The van der Waals surface area contributed by atoms with Gasteiger partial charge in [0.25, 0.3) is 17.5 Å². The molecule has 0 bridgehead atoms. The molecule has 2 rings (SSSR count). The fraction of sp³-hybridized carbons (Fsp3) is 0.176. The quantitative estimate of drug-likeness (QED) is 0.485. The third kappa shape index (κ3) is 4.57. The van der Waals surface area contributed by atoms with Gasteiger partial charge < -0.3 is 0 Å². The van der Waals surface area contributed by atoms with Crippen molar-refractivity contribution in [2.24, 2.45) is 0 Å². The van der Waals surface area contributed by atoms with E-state index in [1.165, 1.54) is 23.9 Å². The Morgan fingerprint density at radius 1 is 1.08 bits per heavy atom. The summed E-state index contributed by atoms with van der Waals surface area (Å²) in [5, 5.41) is 11.1. The van der Waals surface area contributed by atoms with E-state index in [-0.39, 0.29) is 11.3 Å². The Bertz CT molecular complexity index is 806. The van der Waals surface area contributed by atoms with Crippen molar-refractivity contribution in [3.05, 3.63) is 69.3 Å². The van der Waals surface area contributed by atoms with Gasteiger partial charge in [-0.15, -0.1) is 11.8 Å². The highest BCUT2D eigenvalue weighted by Gasteiger charge is 2.21. The maximum atomic E-state index is 12.2. The summed E-state index contributed by atoms with van der Waals surface area (Å²) >= 11 is 1.36. The van der Waals surface area contributed by atoms with Crippen molar-refractivity contribution < 1.29 is 14.5 Å². The van der Waals surface area contributed by atoms with Crippen LogP contribution in [0.15, 0.2) is 47.4 Å². The van der Waals surface area contributed by atoms with Gasteiger partial charge in [-0.25, -0.2) is 0 Å². The predicted octanol–water partition coefficient (Wildman–Crippen LogP) is 2.95. The van der Waals surface area contributed by atoms with Gasteiger partial charge in [0.15, 0.2) is 0 Å². The zero-order valence-electron chi connectivity index (χ0n) is 13.7. The van der Waals surface area contributed by atoms with Crippen molar-refractivity contribution in [1.82, 2.24) is 10.9 Å². The second kappa shape index (κ2) is 8.29. The molecular weight excluding hydrogens is 342 g/mol. The summed E-state index contributed by atoms with van der Waals surface area (Å²) in [6.45, 7) is 2.00. The van der Waals surface area contributed by atoms with Gasteiger partial charge >= 0.3 is 0 Å². The molecule has 2 N–H and O–H groups in total. The number of carbonyl (C=O) groups is 2. The predicted molar refractivity (Wildman–Crippen MR) is 95.6 cm³/mol. The lowest BCUT2D eigenvalue weighted by Gasteiger charge is -2.09. The number of amides is 2. The van der Waals surface area contributed by atoms with Gasteiger partial charge in [0.05, 0.1) is 4.92 Å². The molecule has 0 aromatic heterocycles. The molecule has 0 aliphatic heterocycles. The van der Waals surface area contributed by atoms with Crippen molar-refractivity contribution in [1.29, 1.82) is 0 Å². The number of rotatable bonds is 5. The molecule has 0 aliphatic rings. The molecule has 25 heavy (non-hydrogen) atoms. The molecule has 2 amide bonds. The molecule has 130 valence electrons. The molecule has 2 aromatic carbocycles. The number of hydrazine groups is 1. The van der Waals surface area contributed by atoms with E-state index in [0.29, 0.717) is 10.5 Å². The standard InChI is InChI=1S/C17H17N3O4S/c1-3-11-4-6-12(7-5-11)16(21)18-19-17(22)14-10-13(25-2)8-9-15(14)20(23)24/h4-10H,3H2,1-2H3,(H,18,21)(H,19,22). The number of nitro benzene ring substituents is 1. The average Bonchev–Trinajstić information content (AvgIpc) is 2.65. The summed E-state index contributed by atoms with van der Waals surface area (Å²) in [6.07, 6.45) is 2.65. The summed E-state index contributed by atoms with van der Waals surface area (Å²) in [4.78, 5) is 35.4. The molecular formula is C17H17N3O4S. The fourth-order valence-corrected chi connectivity index (χ4v) is 2.57. The Morgan fingerprint density at radius 3 is 2.28 bits per heavy atom. The normalized spacial score (nSPS) is 10.2. The highest BCUT2D eigenvalue weighted by atomic mass is 32.2. The van der Waals surface area contributed by atoms with Crippen LogP contribution in [-0.2, 0) is 6.42 Å². The van der Waals surface area contributed by atoms with E-state index in [4.69, 9.17) is 0 Å². The van der Waals surface area contributed by atoms with Gasteiger partial charge in [-0.2, -0.15) is 0 Å². The molecule has 0 radical (unpaired) electrons. The van der Waals surface area contributed by atoms with Crippen molar-refractivity contribution in [2.45, 2.75) is 18.2 Å². The molecule has 0 saturated carbocycles. The number of hydrogen-bond donors (Lipinski definition) is 2. The number of aryl methyl sites for hydroxylation is 1. The number of nitro groups is 1. The number of hydrogen-bond acceptors (Lipinski definition) is 5. The van der Waals surface area contributed by atoms with Crippen LogP contribution in [0.5, 0.6) is 0 Å². The largest absolute Gasteiger partial charge is 0.282 e. The topological polar surface area (TPSA) is 101 Å². The second-order valence-corrected chi connectivity index (χ2v) is 5.98. The molecule has 8 heteroatoms. The molecule has 2 aromatic rings. The van der Waals surface area contributed by atoms with Gasteiger partial charge in [-0.1, -0.05) is 19.1 Å². The molecule has 0 saturated heterocycles. The van der Waals surface area contributed by atoms with Crippen LogP contribution in [0.3, 0.4) is 0 Å². The zero-order chi connectivity index (χ0) is 18.4. The van der Waals surface area contributed by atoms with E-state index >= 15 is 0 Å². The Labute approximate surface area is 148 Å². The molecule has 0 atom stereocenters. The Morgan fingerprint density at radius 2 is 1.72 bits per heavy atom. The number of nitrogens with one attached hydrogen (secondary N) is 2. The molecule has 0 heterocycles. The lowest BCUT2D eigenvalue weighted by atomic mass is 10.1. The number of thioether (sulfide) groups is 1. The first-order chi connectivity index (χ1) is 12.0. The third-order valence-electron chi connectivity index (χ3n) is 3.56. The minimum Gasteiger partial charge on any atom is -0.267 e. The van der Waals surface area contributed by atoms with Crippen LogP contribution in [0.4, 0.5) is 5.69 Å². The van der Waals surface area contributed by atoms with Crippen LogP contribution < -0.4 is 10.9 Å². The van der Waals surface area contributed by atoms with Crippen LogP contribution >= 0.6 is 11.8 Å². The minimum atomic E-state index is -0.749. The first kappa shape index (κ1) is 18.5.